The number of hydrogen-bond donors (Lipinski definition) is 1. The molecule has 0 aliphatic carbocycles. The van der Waals surface area contributed by atoms with E-state index in [2.05, 4.69) is 0 Å². The van der Waals surface area contributed by atoms with Crippen LogP contribution in [0, 0.1) is 11.8 Å². The molecule has 2 rings (SSSR count). The third-order valence-electron chi connectivity index (χ3n) is 5.30. The van der Waals surface area contributed by atoms with E-state index in [-0.39, 0.29) is 31.8 Å². The lowest BCUT2D eigenvalue weighted by Gasteiger charge is -2.33. The first kappa shape index (κ1) is 34.7. The molecule has 2 aliphatic rings. The summed E-state index contributed by atoms with van der Waals surface area (Å²) in [6.07, 6.45) is 5.12. The molecule has 2 amide bonds. The Balaban J connectivity index is 0.000000698. The average molecular weight is 549 g/mol. The molecule has 0 spiro atoms. The Morgan fingerprint density at radius 2 is 1.19 bits per heavy atom. The van der Waals surface area contributed by atoms with Crippen LogP contribution < -0.4 is 0 Å². The highest BCUT2D eigenvalue weighted by Crippen LogP contribution is 2.20. The van der Waals surface area contributed by atoms with Crippen molar-refractivity contribution in [3.63, 3.8) is 0 Å². The summed E-state index contributed by atoms with van der Waals surface area (Å²) in [5.74, 6) is -1.69. The fourth-order valence-electron chi connectivity index (χ4n) is 3.75. The molecular weight excluding hydrogens is 500 g/mol. The Morgan fingerprint density at radius 3 is 1.54 bits per heavy atom. The summed E-state index contributed by atoms with van der Waals surface area (Å²) < 4.78 is 22.2. The molecule has 0 aromatic rings. The highest BCUT2D eigenvalue weighted by Gasteiger charge is 2.31. The van der Waals surface area contributed by atoms with E-state index in [9.17, 15) is 23.4 Å². The first-order valence-corrected chi connectivity index (χ1v) is 14.7. The molecule has 2 fully saturated rings. The second kappa shape index (κ2) is 14.0. The maximum atomic E-state index is 12.1. The first-order valence-electron chi connectivity index (χ1n) is 12.3. The summed E-state index contributed by atoms with van der Waals surface area (Å²) in [7, 11) is -2.20. The van der Waals surface area contributed by atoms with Gasteiger partial charge in [-0.1, -0.05) is 7.43 Å². The molecule has 0 bridgehead atoms. The number of hydrogen-bond acceptors (Lipinski definition) is 7. The van der Waals surface area contributed by atoms with Crippen LogP contribution in [0.25, 0.3) is 0 Å². The second-order valence-electron chi connectivity index (χ2n) is 11.7. The minimum absolute atomic E-state index is 0. The SMILES string of the molecule is C.CC(C)(C)OC(=O)N1CCCC(C(=O)C=S(C)(C)=O)C1.CC(C)(C)OC(=O)N1CCCC(C(=O)O)C1. The Labute approximate surface area is 223 Å². The van der Waals surface area contributed by atoms with Gasteiger partial charge in [0.2, 0.25) is 0 Å². The largest absolute Gasteiger partial charge is 0.481 e. The van der Waals surface area contributed by atoms with Crippen molar-refractivity contribution in [2.45, 2.75) is 85.9 Å². The van der Waals surface area contributed by atoms with Crippen LogP contribution in [0.3, 0.4) is 0 Å². The fraction of sp³-hybridized carbons (Fsp3) is 0.808. The lowest BCUT2D eigenvalue weighted by Crippen LogP contribution is -2.45. The van der Waals surface area contributed by atoms with Gasteiger partial charge < -0.3 is 24.4 Å². The van der Waals surface area contributed by atoms with Crippen LogP contribution in [0.5, 0.6) is 0 Å². The zero-order valence-electron chi connectivity index (χ0n) is 23.0. The Morgan fingerprint density at radius 1 is 0.811 bits per heavy atom. The lowest BCUT2D eigenvalue weighted by atomic mass is 9.95. The summed E-state index contributed by atoms with van der Waals surface area (Å²) in [4.78, 5) is 49.6. The number of rotatable bonds is 3. The summed E-state index contributed by atoms with van der Waals surface area (Å²) in [5.41, 5.74) is -1.07. The number of ether oxygens (including phenoxy) is 2. The number of carboxylic acids is 1. The van der Waals surface area contributed by atoms with Gasteiger partial charge in [0, 0.05) is 50.0 Å². The van der Waals surface area contributed by atoms with Crippen LogP contribution in [0.1, 0.15) is 74.7 Å². The molecule has 2 aliphatic heterocycles. The van der Waals surface area contributed by atoms with Crippen molar-refractivity contribution >= 4 is 38.8 Å². The molecule has 0 aromatic carbocycles. The van der Waals surface area contributed by atoms with Crippen LogP contribution in [-0.4, -0.2) is 98.3 Å². The molecule has 0 radical (unpaired) electrons. The third kappa shape index (κ3) is 14.3. The number of piperidine rings is 2. The van der Waals surface area contributed by atoms with E-state index in [1.165, 1.54) is 10.3 Å². The van der Waals surface area contributed by atoms with Crippen LogP contribution >= 0.6 is 0 Å². The highest BCUT2D eigenvalue weighted by molar-refractivity contribution is 8.01. The molecule has 2 heterocycles. The predicted octanol–water partition coefficient (Wildman–Crippen LogP) is 3.90. The average Bonchev–Trinajstić information content (AvgIpc) is 2.71. The van der Waals surface area contributed by atoms with Crippen molar-refractivity contribution < 1.29 is 38.0 Å². The molecule has 0 saturated carbocycles. The van der Waals surface area contributed by atoms with E-state index in [1.54, 1.807) is 38.2 Å². The van der Waals surface area contributed by atoms with Gasteiger partial charge in [-0.15, -0.1) is 0 Å². The molecular formula is C26H48N2O8S. The van der Waals surface area contributed by atoms with Crippen LogP contribution in [0.2, 0.25) is 0 Å². The molecule has 37 heavy (non-hydrogen) atoms. The topological polar surface area (TPSA) is 131 Å². The van der Waals surface area contributed by atoms with E-state index in [4.69, 9.17) is 14.6 Å². The van der Waals surface area contributed by atoms with Crippen molar-refractivity contribution in [2.24, 2.45) is 11.8 Å². The summed E-state index contributed by atoms with van der Waals surface area (Å²) in [5, 5.41) is 10.2. The number of amides is 2. The second-order valence-corrected chi connectivity index (χ2v) is 14.6. The number of ketones is 1. The summed E-state index contributed by atoms with van der Waals surface area (Å²) >= 11 is 0. The Hall–Kier alpha value is -2.30. The summed E-state index contributed by atoms with van der Waals surface area (Å²) in [6.45, 7) is 12.6. The van der Waals surface area contributed by atoms with Crippen molar-refractivity contribution in [3.05, 3.63) is 0 Å². The standard InChI is InChI=1S/C14H25NO4S.C11H19NO4.CH4/c1-14(2,3)19-13(17)15-8-6-7-11(9-15)12(16)10-20(4,5)18;1-11(2,3)16-10(15)12-6-4-5-8(7-12)9(13)14;/h10-11H,6-9H2,1-5H3;8H,4-7H2,1-3H3,(H,13,14);1H4. The maximum absolute atomic E-state index is 12.1. The molecule has 10 nitrogen and oxygen atoms in total. The molecule has 2 unspecified atom stereocenters. The van der Waals surface area contributed by atoms with Gasteiger partial charge in [0.05, 0.1) is 5.92 Å². The third-order valence-corrected chi connectivity index (χ3v) is 6.10. The molecule has 216 valence electrons. The zero-order valence-corrected chi connectivity index (χ0v) is 23.8. The number of likely N-dealkylation sites (tertiary alicyclic amines) is 2. The minimum atomic E-state index is -2.20. The van der Waals surface area contributed by atoms with Gasteiger partial charge in [-0.2, -0.15) is 0 Å². The van der Waals surface area contributed by atoms with Crippen molar-refractivity contribution in [3.8, 4) is 0 Å². The highest BCUT2D eigenvalue weighted by atomic mass is 32.2. The lowest BCUT2D eigenvalue weighted by molar-refractivity contribution is -0.143. The molecule has 2 saturated heterocycles. The van der Waals surface area contributed by atoms with E-state index in [0.29, 0.717) is 26.1 Å². The number of carbonyl (C=O) groups is 4. The fourth-order valence-corrected chi connectivity index (χ4v) is 4.50. The van der Waals surface area contributed by atoms with Crippen molar-refractivity contribution in [2.75, 3.05) is 38.7 Å². The van der Waals surface area contributed by atoms with Gasteiger partial charge in [0.1, 0.15) is 11.2 Å². The molecule has 0 aromatic heterocycles. The minimum Gasteiger partial charge on any atom is -0.481 e. The van der Waals surface area contributed by atoms with Gasteiger partial charge in [-0.3, -0.25) is 13.8 Å². The Bertz CT molecular complexity index is 918. The van der Waals surface area contributed by atoms with Crippen LogP contribution in [0.4, 0.5) is 9.59 Å². The van der Waals surface area contributed by atoms with Gasteiger partial charge in [0.25, 0.3) is 0 Å². The van der Waals surface area contributed by atoms with E-state index >= 15 is 0 Å². The number of carboxylic acid groups (broad SMARTS) is 1. The molecule has 1 N–H and O–H groups in total. The van der Waals surface area contributed by atoms with E-state index < -0.39 is 38.7 Å². The molecule has 11 heteroatoms. The quantitative estimate of drug-likeness (QED) is 0.526. The number of Topliss-reactive ketones (excluding diaryl/α,β-unsaturated/α-hetero) is 1. The smallest absolute Gasteiger partial charge is 0.410 e. The van der Waals surface area contributed by atoms with Gasteiger partial charge in [0.15, 0.2) is 5.78 Å². The predicted molar refractivity (Wildman–Crippen MR) is 146 cm³/mol. The van der Waals surface area contributed by atoms with Crippen molar-refractivity contribution in [1.82, 2.24) is 9.80 Å². The van der Waals surface area contributed by atoms with Crippen LogP contribution in [0.15, 0.2) is 0 Å². The Kier molecular flexibility index (Phi) is 13.1. The monoisotopic (exact) mass is 548 g/mol. The van der Waals surface area contributed by atoms with E-state index in [1.807, 2.05) is 20.8 Å². The maximum Gasteiger partial charge on any atom is 0.410 e. The number of nitrogens with zero attached hydrogens (tertiary/aromatic N) is 2. The number of aliphatic carboxylic acids is 1. The first-order chi connectivity index (χ1) is 16.3. The van der Waals surface area contributed by atoms with Gasteiger partial charge in [-0.05, 0) is 76.7 Å². The molecule has 2 atom stereocenters. The normalized spacial score (nSPS) is 20.4. The van der Waals surface area contributed by atoms with Crippen LogP contribution in [-0.2, 0) is 28.6 Å². The van der Waals surface area contributed by atoms with Gasteiger partial charge >= 0.3 is 18.2 Å². The van der Waals surface area contributed by atoms with Crippen molar-refractivity contribution in [1.29, 1.82) is 0 Å². The van der Waals surface area contributed by atoms with E-state index in [0.717, 1.165) is 19.3 Å². The number of carbonyl (C=O) groups excluding carboxylic acids is 3. The zero-order chi connectivity index (χ0) is 27.9. The summed E-state index contributed by atoms with van der Waals surface area (Å²) in [6, 6.07) is 0. The van der Waals surface area contributed by atoms with Gasteiger partial charge in [-0.25, -0.2) is 9.59 Å².